The third-order valence-corrected chi connectivity index (χ3v) is 6.21. The van der Waals surface area contributed by atoms with Gasteiger partial charge in [0.1, 0.15) is 0 Å². The quantitative estimate of drug-likeness (QED) is 0.806. The van der Waals surface area contributed by atoms with Crippen molar-refractivity contribution < 1.29 is 4.79 Å². The van der Waals surface area contributed by atoms with E-state index in [4.69, 9.17) is 5.73 Å². The average Bonchev–Trinajstić information content (AvgIpc) is 2.37. The van der Waals surface area contributed by atoms with Crippen molar-refractivity contribution >= 4 is 18.3 Å². The van der Waals surface area contributed by atoms with Gasteiger partial charge < -0.3 is 10.6 Å². The lowest BCUT2D eigenvalue weighted by Gasteiger charge is -2.47. The van der Waals surface area contributed by atoms with E-state index in [1.54, 1.807) is 0 Å². The molecule has 0 radical (unpaired) electrons. The minimum Gasteiger partial charge on any atom is -0.337 e. The minimum absolute atomic E-state index is 0. The smallest absolute Gasteiger partial charge is 0.226 e. The maximum atomic E-state index is 13.0. The second-order valence-corrected chi connectivity index (χ2v) is 7.57. The molecule has 1 aliphatic heterocycles. The van der Waals surface area contributed by atoms with Gasteiger partial charge in [-0.1, -0.05) is 6.42 Å². The molecule has 0 spiro atoms. The highest BCUT2D eigenvalue weighted by atomic mass is 35.5. The molecule has 3 rings (SSSR count). The Morgan fingerprint density at radius 1 is 0.952 bits per heavy atom. The van der Waals surface area contributed by atoms with E-state index in [1.165, 1.54) is 38.5 Å². The number of fused-ring (bicyclic) bond motifs is 2. The topological polar surface area (TPSA) is 46.3 Å². The normalized spacial score (nSPS) is 43.1. The average molecular weight is 315 g/mol. The molecule has 1 amide bonds. The van der Waals surface area contributed by atoms with Crippen molar-refractivity contribution in [3.05, 3.63) is 0 Å². The maximum Gasteiger partial charge on any atom is 0.226 e. The van der Waals surface area contributed by atoms with Crippen molar-refractivity contribution in [2.45, 2.75) is 83.3 Å². The molecule has 122 valence electrons. The molecule has 4 atom stereocenters. The van der Waals surface area contributed by atoms with Crippen LogP contribution in [0.5, 0.6) is 0 Å². The third kappa shape index (κ3) is 3.24. The number of carbonyl (C=O) groups excluding carboxylic acids is 1. The van der Waals surface area contributed by atoms with Crippen LogP contribution >= 0.6 is 12.4 Å². The van der Waals surface area contributed by atoms with Gasteiger partial charge in [0.05, 0.1) is 0 Å². The first-order valence-electron chi connectivity index (χ1n) is 8.65. The Labute approximate surface area is 135 Å². The molecule has 2 N–H and O–H groups in total. The largest absolute Gasteiger partial charge is 0.337 e. The van der Waals surface area contributed by atoms with Crippen LogP contribution in [0.15, 0.2) is 0 Å². The number of piperidine rings is 1. The first-order valence-corrected chi connectivity index (χ1v) is 8.65. The van der Waals surface area contributed by atoms with Gasteiger partial charge in [0.15, 0.2) is 0 Å². The summed E-state index contributed by atoms with van der Waals surface area (Å²) in [5.41, 5.74) is 6.35. The van der Waals surface area contributed by atoms with E-state index in [-0.39, 0.29) is 18.3 Å². The van der Waals surface area contributed by atoms with E-state index < -0.39 is 0 Å². The highest BCUT2D eigenvalue weighted by molar-refractivity contribution is 5.85. The lowest BCUT2D eigenvalue weighted by Crippen LogP contribution is -2.54. The summed E-state index contributed by atoms with van der Waals surface area (Å²) in [5, 5.41) is 0. The molecular formula is C17H31ClN2O. The van der Waals surface area contributed by atoms with Gasteiger partial charge in [0.2, 0.25) is 5.91 Å². The van der Waals surface area contributed by atoms with Gasteiger partial charge in [-0.25, -0.2) is 0 Å². The summed E-state index contributed by atoms with van der Waals surface area (Å²) < 4.78 is 0. The van der Waals surface area contributed by atoms with Gasteiger partial charge in [-0.3, -0.25) is 4.79 Å². The molecule has 2 saturated carbocycles. The number of nitrogens with zero attached hydrogens (tertiary/aromatic N) is 1. The predicted octanol–water partition coefficient (Wildman–Crippen LogP) is 3.35. The Balaban J connectivity index is 0.00000161. The summed E-state index contributed by atoms with van der Waals surface area (Å²) in [6.07, 6.45) is 9.52. The number of carbonyl (C=O) groups is 1. The van der Waals surface area contributed by atoms with E-state index in [0.29, 0.717) is 35.9 Å². The molecule has 0 aromatic rings. The zero-order valence-corrected chi connectivity index (χ0v) is 14.3. The highest BCUT2D eigenvalue weighted by Crippen LogP contribution is 2.43. The third-order valence-electron chi connectivity index (χ3n) is 6.21. The van der Waals surface area contributed by atoms with Crippen molar-refractivity contribution in [2.75, 3.05) is 0 Å². The molecule has 2 aliphatic carbocycles. The lowest BCUT2D eigenvalue weighted by molar-refractivity contribution is -0.144. The van der Waals surface area contributed by atoms with Crippen LogP contribution in [-0.4, -0.2) is 28.9 Å². The summed E-state index contributed by atoms with van der Waals surface area (Å²) in [6, 6.07) is 1.23. The van der Waals surface area contributed by atoms with E-state index >= 15 is 0 Å². The molecule has 3 aliphatic rings. The fraction of sp³-hybridized carbons (Fsp3) is 0.941. The first kappa shape index (κ1) is 17.1. The second-order valence-electron chi connectivity index (χ2n) is 7.57. The van der Waals surface area contributed by atoms with Crippen LogP contribution < -0.4 is 5.73 Å². The van der Waals surface area contributed by atoms with E-state index in [2.05, 4.69) is 18.7 Å². The number of amides is 1. The Morgan fingerprint density at radius 2 is 1.43 bits per heavy atom. The number of hydrogen-bond donors (Lipinski definition) is 1. The van der Waals surface area contributed by atoms with Crippen molar-refractivity contribution in [1.82, 2.24) is 4.90 Å². The summed E-state index contributed by atoms with van der Waals surface area (Å²) in [4.78, 5) is 15.2. The van der Waals surface area contributed by atoms with Crippen molar-refractivity contribution in [3.63, 3.8) is 0 Å². The van der Waals surface area contributed by atoms with Gasteiger partial charge in [-0.15, -0.1) is 12.4 Å². The molecule has 4 unspecified atom stereocenters. The zero-order valence-electron chi connectivity index (χ0n) is 13.5. The van der Waals surface area contributed by atoms with Crippen molar-refractivity contribution in [3.8, 4) is 0 Å². The predicted molar refractivity (Wildman–Crippen MR) is 88.4 cm³/mol. The van der Waals surface area contributed by atoms with Crippen LogP contribution in [-0.2, 0) is 4.79 Å². The summed E-state index contributed by atoms with van der Waals surface area (Å²) in [5.74, 6) is 1.90. The van der Waals surface area contributed by atoms with Gasteiger partial charge >= 0.3 is 0 Å². The Hall–Kier alpha value is -0.280. The molecule has 3 fully saturated rings. The number of rotatable bonds is 1. The molecule has 0 aromatic carbocycles. The van der Waals surface area contributed by atoms with E-state index in [0.717, 1.165) is 12.8 Å². The van der Waals surface area contributed by atoms with Gasteiger partial charge in [-0.2, -0.15) is 0 Å². The maximum absolute atomic E-state index is 13.0. The van der Waals surface area contributed by atoms with Gasteiger partial charge in [0.25, 0.3) is 0 Å². The summed E-state index contributed by atoms with van der Waals surface area (Å²) >= 11 is 0. The summed E-state index contributed by atoms with van der Waals surface area (Å²) in [7, 11) is 0. The molecule has 2 bridgehead atoms. The fourth-order valence-corrected chi connectivity index (χ4v) is 5.06. The van der Waals surface area contributed by atoms with Crippen molar-refractivity contribution in [2.24, 2.45) is 23.5 Å². The second kappa shape index (κ2) is 6.87. The fourth-order valence-electron chi connectivity index (χ4n) is 5.06. The minimum atomic E-state index is 0. The number of hydrogen-bond acceptors (Lipinski definition) is 2. The Morgan fingerprint density at radius 3 is 1.95 bits per heavy atom. The Bertz CT molecular complexity index is 352. The van der Waals surface area contributed by atoms with Crippen LogP contribution in [0.2, 0.25) is 0 Å². The standard InChI is InChI=1S/C17H30N2O.ClH/c1-11-5-3-6-12(2)19(11)17(20)15-9-13-7-4-8-14(10-15)16(13)18;/h11-16H,3-10,18H2,1-2H3;1H. The number of halogens is 1. The molecule has 1 saturated heterocycles. The SMILES string of the molecule is CC1CCCC(C)N1C(=O)C1CC2CCCC(C1)C2N.Cl. The monoisotopic (exact) mass is 314 g/mol. The molecule has 1 heterocycles. The lowest BCUT2D eigenvalue weighted by atomic mass is 9.64. The summed E-state index contributed by atoms with van der Waals surface area (Å²) in [6.45, 7) is 4.45. The van der Waals surface area contributed by atoms with E-state index in [1.807, 2.05) is 0 Å². The molecular weight excluding hydrogens is 284 g/mol. The van der Waals surface area contributed by atoms with Crippen LogP contribution in [0.25, 0.3) is 0 Å². The van der Waals surface area contributed by atoms with E-state index in [9.17, 15) is 4.79 Å². The van der Waals surface area contributed by atoms with Gasteiger partial charge in [-0.05, 0) is 70.6 Å². The van der Waals surface area contributed by atoms with Gasteiger partial charge in [0, 0.05) is 24.0 Å². The molecule has 21 heavy (non-hydrogen) atoms. The number of nitrogens with two attached hydrogens (primary N) is 1. The van der Waals surface area contributed by atoms with Crippen molar-refractivity contribution in [1.29, 1.82) is 0 Å². The molecule has 3 nitrogen and oxygen atoms in total. The van der Waals surface area contributed by atoms with Crippen LogP contribution in [0.3, 0.4) is 0 Å². The number of likely N-dealkylation sites (tertiary alicyclic amines) is 1. The highest BCUT2D eigenvalue weighted by Gasteiger charge is 2.43. The Kier molecular flexibility index (Phi) is 5.59. The molecule has 4 heteroatoms. The first-order chi connectivity index (χ1) is 9.58. The van der Waals surface area contributed by atoms with Crippen LogP contribution in [0.1, 0.15) is 65.2 Å². The van der Waals surface area contributed by atoms with Crippen LogP contribution in [0.4, 0.5) is 0 Å². The molecule has 0 aromatic heterocycles. The zero-order chi connectivity index (χ0) is 14.3. The van der Waals surface area contributed by atoms with Crippen LogP contribution in [0, 0.1) is 17.8 Å².